The van der Waals surface area contributed by atoms with Crippen molar-refractivity contribution < 1.29 is 14.3 Å². The van der Waals surface area contributed by atoms with Crippen molar-refractivity contribution in [3.8, 4) is 5.75 Å². The SMILES string of the molecule is NCCCCCCC(=O)NC(Cc1c[nH]c2ccccc12)C(=O)N1CCN(C2Oc3c(Cl)cccc3Nc3ccccc32)CC1. The second kappa shape index (κ2) is 14.4. The number of unbranched alkanes of at least 4 members (excludes halogenated alkanes) is 3. The van der Waals surface area contributed by atoms with Gasteiger partial charge in [0.2, 0.25) is 11.8 Å². The number of ether oxygens (including phenoxy) is 1. The van der Waals surface area contributed by atoms with Crippen LogP contribution in [0.15, 0.2) is 72.9 Å². The molecule has 1 aromatic heterocycles. The first-order valence-electron chi connectivity index (χ1n) is 15.9. The highest BCUT2D eigenvalue weighted by atomic mass is 35.5. The Hall–Kier alpha value is -4.05. The lowest BCUT2D eigenvalue weighted by Crippen LogP contribution is -2.56. The van der Waals surface area contributed by atoms with E-state index in [2.05, 4.69) is 26.6 Å². The maximum atomic E-state index is 14.1. The predicted molar refractivity (Wildman–Crippen MR) is 179 cm³/mol. The van der Waals surface area contributed by atoms with Crippen LogP contribution in [0.3, 0.4) is 0 Å². The maximum absolute atomic E-state index is 14.1. The molecule has 2 aliphatic rings. The van der Waals surface area contributed by atoms with E-state index in [9.17, 15) is 9.59 Å². The average Bonchev–Trinajstić information content (AvgIpc) is 3.38. The quantitative estimate of drug-likeness (QED) is 0.158. The van der Waals surface area contributed by atoms with Gasteiger partial charge in [-0.05, 0) is 49.2 Å². The number of aromatic amines is 1. The third-order valence-corrected chi connectivity index (χ3v) is 9.04. The molecule has 2 unspecified atom stereocenters. The summed E-state index contributed by atoms with van der Waals surface area (Å²) in [6, 6.07) is 21.2. The van der Waals surface area contributed by atoms with Crippen molar-refractivity contribution in [2.24, 2.45) is 5.73 Å². The zero-order chi connectivity index (χ0) is 31.2. The highest BCUT2D eigenvalue weighted by Crippen LogP contribution is 2.43. The minimum absolute atomic E-state index is 0.0614. The second-order valence-corrected chi connectivity index (χ2v) is 12.2. The molecular weight excluding hydrogens is 588 g/mol. The molecule has 9 nitrogen and oxygen atoms in total. The van der Waals surface area contributed by atoms with Gasteiger partial charge in [-0.1, -0.05) is 66.9 Å². The first-order valence-corrected chi connectivity index (χ1v) is 16.3. The number of piperazine rings is 1. The molecular formula is C35H41ClN6O3. The van der Waals surface area contributed by atoms with Crippen LogP contribution >= 0.6 is 11.6 Å². The fourth-order valence-corrected chi connectivity index (χ4v) is 6.53. The number of halogens is 1. The monoisotopic (exact) mass is 628 g/mol. The summed E-state index contributed by atoms with van der Waals surface area (Å²) in [7, 11) is 0. The van der Waals surface area contributed by atoms with Gasteiger partial charge in [0.15, 0.2) is 12.0 Å². The summed E-state index contributed by atoms with van der Waals surface area (Å²) in [4.78, 5) is 34.5. The first kappa shape index (κ1) is 31.0. The first-order chi connectivity index (χ1) is 22.0. The number of nitrogens with zero attached hydrogens (tertiary/aromatic N) is 2. The Labute approximate surface area is 269 Å². The van der Waals surface area contributed by atoms with Crippen LogP contribution in [-0.4, -0.2) is 65.4 Å². The molecule has 0 spiro atoms. The van der Waals surface area contributed by atoms with E-state index < -0.39 is 6.04 Å². The molecule has 236 valence electrons. The molecule has 3 heterocycles. The zero-order valence-corrected chi connectivity index (χ0v) is 26.2. The third kappa shape index (κ3) is 7.11. The van der Waals surface area contributed by atoms with Crippen LogP contribution in [0.25, 0.3) is 10.9 Å². The van der Waals surface area contributed by atoms with Crippen LogP contribution in [0.1, 0.15) is 49.5 Å². The second-order valence-electron chi connectivity index (χ2n) is 11.8. The number of anilines is 2. The minimum Gasteiger partial charge on any atom is -0.467 e. The lowest BCUT2D eigenvalue weighted by atomic mass is 10.0. The molecule has 10 heteroatoms. The molecule has 5 N–H and O–H groups in total. The number of hydrogen-bond acceptors (Lipinski definition) is 6. The number of H-pyrrole nitrogens is 1. The van der Waals surface area contributed by atoms with Gasteiger partial charge in [-0.3, -0.25) is 14.5 Å². The van der Waals surface area contributed by atoms with Crippen molar-refractivity contribution in [2.75, 3.05) is 38.0 Å². The number of aromatic nitrogens is 1. The molecule has 2 amide bonds. The van der Waals surface area contributed by atoms with Gasteiger partial charge in [-0.15, -0.1) is 0 Å². The number of nitrogens with one attached hydrogen (secondary N) is 3. The van der Waals surface area contributed by atoms with Crippen LogP contribution in [-0.2, 0) is 16.0 Å². The highest BCUT2D eigenvalue weighted by molar-refractivity contribution is 6.32. The van der Waals surface area contributed by atoms with Gasteiger partial charge in [0.25, 0.3) is 0 Å². The van der Waals surface area contributed by atoms with E-state index in [-0.39, 0.29) is 18.0 Å². The fourth-order valence-electron chi connectivity index (χ4n) is 6.31. The summed E-state index contributed by atoms with van der Waals surface area (Å²) in [5, 5.41) is 8.18. The average molecular weight is 629 g/mol. The lowest BCUT2D eigenvalue weighted by Gasteiger charge is -2.40. The number of carbonyl (C=O) groups is 2. The fraction of sp³-hybridized carbons (Fsp3) is 0.371. The lowest BCUT2D eigenvalue weighted by molar-refractivity contribution is -0.139. The minimum atomic E-state index is -0.656. The van der Waals surface area contributed by atoms with Crippen molar-refractivity contribution in [3.05, 3.63) is 89.1 Å². The van der Waals surface area contributed by atoms with Crippen molar-refractivity contribution in [2.45, 2.75) is 50.8 Å². The van der Waals surface area contributed by atoms with Gasteiger partial charge in [-0.2, -0.15) is 0 Å². The van der Waals surface area contributed by atoms with E-state index in [4.69, 9.17) is 22.1 Å². The number of para-hydroxylation sites is 3. The largest absolute Gasteiger partial charge is 0.467 e. The Morgan fingerprint density at radius 2 is 1.69 bits per heavy atom. The Bertz CT molecular complexity index is 1630. The third-order valence-electron chi connectivity index (χ3n) is 8.74. The van der Waals surface area contributed by atoms with Gasteiger partial charge in [0.1, 0.15) is 6.04 Å². The van der Waals surface area contributed by atoms with Gasteiger partial charge in [0.05, 0.1) is 10.7 Å². The molecule has 1 saturated heterocycles. The molecule has 0 bridgehead atoms. The molecule has 0 aliphatic carbocycles. The van der Waals surface area contributed by atoms with E-state index in [1.807, 2.05) is 71.8 Å². The standard InChI is InChI=1S/C35H41ClN6O3/c36-27-12-9-15-30-33(27)45-35(26-11-5-7-14-29(26)39-30)42-20-18-41(19-21-42)34(44)31(40-32(43)16-3-1-2-8-17-37)22-24-23-38-28-13-6-4-10-25(24)28/h4-7,9-15,23,31,35,38-39H,1-3,8,16-22,37H2,(H,40,43). The van der Waals surface area contributed by atoms with Crippen LogP contribution in [0.5, 0.6) is 5.75 Å². The Balaban J connectivity index is 1.16. The summed E-state index contributed by atoms with van der Waals surface area (Å²) < 4.78 is 6.58. The molecule has 0 saturated carbocycles. The van der Waals surface area contributed by atoms with Gasteiger partial charge in [0, 0.05) is 67.4 Å². The van der Waals surface area contributed by atoms with Crippen LogP contribution in [0.2, 0.25) is 5.02 Å². The topological polar surface area (TPSA) is 116 Å². The van der Waals surface area contributed by atoms with Crippen molar-refractivity contribution >= 4 is 45.7 Å². The van der Waals surface area contributed by atoms with Crippen LogP contribution in [0, 0.1) is 0 Å². The predicted octanol–water partition coefficient (Wildman–Crippen LogP) is 5.74. The van der Waals surface area contributed by atoms with Gasteiger partial charge in [-0.25, -0.2) is 0 Å². The normalized spacial score (nSPS) is 17.0. The molecule has 1 fully saturated rings. The van der Waals surface area contributed by atoms with E-state index in [1.165, 1.54) is 0 Å². The molecule has 4 aromatic rings. The Kier molecular flexibility index (Phi) is 9.88. The van der Waals surface area contributed by atoms with E-state index in [0.717, 1.165) is 59.1 Å². The van der Waals surface area contributed by atoms with Crippen LogP contribution in [0.4, 0.5) is 11.4 Å². The summed E-state index contributed by atoms with van der Waals surface area (Å²) in [5.41, 5.74) is 10.4. The summed E-state index contributed by atoms with van der Waals surface area (Å²) in [5.74, 6) is 0.461. The van der Waals surface area contributed by atoms with Crippen molar-refractivity contribution in [1.82, 2.24) is 20.1 Å². The molecule has 2 aliphatic heterocycles. The number of fused-ring (bicyclic) bond motifs is 3. The van der Waals surface area contributed by atoms with Gasteiger partial charge >= 0.3 is 0 Å². The zero-order valence-electron chi connectivity index (χ0n) is 25.4. The molecule has 6 rings (SSSR count). The van der Waals surface area contributed by atoms with Crippen molar-refractivity contribution in [3.63, 3.8) is 0 Å². The number of hydrogen-bond donors (Lipinski definition) is 4. The Morgan fingerprint density at radius 1 is 0.933 bits per heavy atom. The number of amides is 2. The summed E-state index contributed by atoms with van der Waals surface area (Å²) in [6.07, 6.45) is 6.09. The number of benzene rings is 3. The molecule has 2 atom stereocenters. The maximum Gasteiger partial charge on any atom is 0.245 e. The molecule has 45 heavy (non-hydrogen) atoms. The molecule has 0 radical (unpaired) electrons. The van der Waals surface area contributed by atoms with E-state index in [1.54, 1.807) is 0 Å². The number of carbonyl (C=O) groups excluding carboxylic acids is 2. The summed E-state index contributed by atoms with van der Waals surface area (Å²) >= 11 is 6.57. The highest BCUT2D eigenvalue weighted by Gasteiger charge is 2.35. The Morgan fingerprint density at radius 3 is 2.53 bits per heavy atom. The number of rotatable bonds is 11. The summed E-state index contributed by atoms with van der Waals surface area (Å²) in [6.45, 7) is 2.92. The van der Waals surface area contributed by atoms with Crippen molar-refractivity contribution in [1.29, 1.82) is 0 Å². The van der Waals surface area contributed by atoms with E-state index in [0.29, 0.717) is 56.3 Å². The van der Waals surface area contributed by atoms with Gasteiger partial charge < -0.3 is 31.0 Å². The smallest absolute Gasteiger partial charge is 0.245 e. The van der Waals surface area contributed by atoms with Crippen LogP contribution < -0.4 is 21.1 Å². The number of nitrogens with two attached hydrogens (primary N) is 1. The van der Waals surface area contributed by atoms with E-state index >= 15 is 0 Å². The molecule has 3 aromatic carbocycles.